The molecule has 6 heterocycles. The van der Waals surface area contributed by atoms with Gasteiger partial charge < -0.3 is 19.1 Å². The van der Waals surface area contributed by atoms with Gasteiger partial charge in [0.05, 0.1) is 17.7 Å². The van der Waals surface area contributed by atoms with Gasteiger partial charge in [0.1, 0.15) is 6.17 Å². The van der Waals surface area contributed by atoms with Gasteiger partial charge in [0, 0.05) is 47.4 Å². The predicted molar refractivity (Wildman–Crippen MR) is 164 cm³/mol. The predicted octanol–water partition coefficient (Wildman–Crippen LogP) is 5.26. The fourth-order valence-corrected chi connectivity index (χ4v) is 9.34. The highest BCUT2D eigenvalue weighted by Gasteiger charge is 2.63. The third kappa shape index (κ3) is 4.40. The summed E-state index contributed by atoms with van der Waals surface area (Å²) in [7, 11) is 0. The molecular weight excluding hydrogens is 616 g/mol. The van der Waals surface area contributed by atoms with E-state index < -0.39 is 47.6 Å². The summed E-state index contributed by atoms with van der Waals surface area (Å²) < 4.78 is 49.6. The van der Waals surface area contributed by atoms with Gasteiger partial charge in [-0.3, -0.25) is 24.1 Å². The van der Waals surface area contributed by atoms with Crippen molar-refractivity contribution in [1.29, 1.82) is 0 Å². The number of ether oxygens (including phenoxy) is 3. The Kier molecular flexibility index (Phi) is 7.13. The molecule has 5 aliphatic rings. The number of fused-ring (bicyclic) bond motifs is 6. The van der Waals surface area contributed by atoms with E-state index in [2.05, 4.69) is 0 Å². The summed E-state index contributed by atoms with van der Waals surface area (Å²) in [6, 6.07) is 11.2. The van der Waals surface area contributed by atoms with Gasteiger partial charge >= 0.3 is 5.97 Å². The first kappa shape index (κ1) is 29.5. The number of thioether (sulfide) groups is 1. The summed E-state index contributed by atoms with van der Waals surface area (Å²) in [4.78, 5) is 42.6. The number of pyridine rings is 1. The first-order chi connectivity index (χ1) is 22.3. The Hall–Kier alpha value is -3.90. The number of carbonyl (C=O) groups excluding carboxylic acids is 2. The van der Waals surface area contributed by atoms with Gasteiger partial charge in [0.15, 0.2) is 17.3 Å². The molecule has 3 saturated heterocycles. The van der Waals surface area contributed by atoms with Crippen molar-refractivity contribution in [3.8, 4) is 5.75 Å². The van der Waals surface area contributed by atoms with Crippen LogP contribution in [0.25, 0.3) is 0 Å². The fraction of sp³-hybridized carbons (Fsp3) is 0.441. The number of aromatic nitrogens is 1. The van der Waals surface area contributed by atoms with Crippen LogP contribution in [0.2, 0.25) is 0 Å². The van der Waals surface area contributed by atoms with Crippen LogP contribution in [-0.2, 0) is 20.0 Å². The Morgan fingerprint density at radius 2 is 1.96 bits per heavy atom. The maximum absolute atomic E-state index is 15.6. The Labute approximate surface area is 268 Å². The van der Waals surface area contributed by atoms with Crippen LogP contribution in [-0.4, -0.2) is 52.7 Å². The zero-order chi connectivity index (χ0) is 31.7. The van der Waals surface area contributed by atoms with Gasteiger partial charge in [-0.05, 0) is 55.4 Å². The molecule has 0 N–H and O–H groups in total. The van der Waals surface area contributed by atoms with Crippen molar-refractivity contribution in [1.82, 2.24) is 9.58 Å². The highest BCUT2D eigenvalue weighted by Crippen LogP contribution is 2.57. The lowest BCUT2D eigenvalue weighted by molar-refractivity contribution is -0.150. The lowest BCUT2D eigenvalue weighted by atomic mass is 9.71. The molecule has 0 unspecified atom stereocenters. The molecule has 0 saturated carbocycles. The maximum atomic E-state index is 15.6. The molecule has 5 aliphatic heterocycles. The molecule has 1 aromatic heterocycles. The van der Waals surface area contributed by atoms with Gasteiger partial charge in [0.25, 0.3) is 5.91 Å². The van der Waals surface area contributed by atoms with Crippen LogP contribution >= 0.6 is 11.8 Å². The molecule has 240 valence electrons. The lowest BCUT2D eigenvalue weighted by Gasteiger charge is -2.57. The number of esters is 1. The summed E-state index contributed by atoms with van der Waals surface area (Å²) in [6.45, 7) is 1.70. The number of nitrogens with zero attached hydrogens (tertiary/aromatic N) is 3. The molecule has 5 atom stereocenters. The van der Waals surface area contributed by atoms with Crippen LogP contribution in [0.1, 0.15) is 78.7 Å². The quantitative estimate of drug-likeness (QED) is 0.264. The number of amides is 1. The smallest absolute Gasteiger partial charge is 0.308 e. The van der Waals surface area contributed by atoms with E-state index >= 15 is 4.39 Å². The zero-order valence-corrected chi connectivity index (χ0v) is 26.1. The minimum atomic E-state index is -0.921. The molecule has 1 amide bonds. The molecule has 0 radical (unpaired) electrons. The minimum absolute atomic E-state index is 0.00571. The molecule has 3 aromatic rings. The summed E-state index contributed by atoms with van der Waals surface area (Å²) in [5, 5.41) is 2.04. The summed E-state index contributed by atoms with van der Waals surface area (Å²) in [5.41, 5.74) is 0.765. The van der Waals surface area contributed by atoms with E-state index in [1.807, 2.05) is 36.2 Å². The first-order valence-corrected chi connectivity index (χ1v) is 16.8. The van der Waals surface area contributed by atoms with E-state index in [1.54, 1.807) is 21.8 Å². The Morgan fingerprint density at radius 1 is 1.11 bits per heavy atom. The Balaban J connectivity index is 1.35. The summed E-state index contributed by atoms with van der Waals surface area (Å²) in [6.07, 6.45) is 5.17. The third-order valence-electron chi connectivity index (χ3n) is 10.2. The topological polar surface area (TPSA) is 90.3 Å². The van der Waals surface area contributed by atoms with E-state index in [0.29, 0.717) is 24.9 Å². The molecule has 1 spiro atoms. The number of rotatable bonds is 6. The summed E-state index contributed by atoms with van der Waals surface area (Å²) in [5.74, 6) is -2.74. The Bertz CT molecular complexity index is 1820. The van der Waals surface area contributed by atoms with Crippen LogP contribution in [0.5, 0.6) is 5.75 Å². The normalized spacial score (nSPS) is 27.2. The van der Waals surface area contributed by atoms with Crippen molar-refractivity contribution in [3.05, 3.63) is 92.9 Å². The maximum Gasteiger partial charge on any atom is 0.308 e. The number of halogens is 2. The van der Waals surface area contributed by atoms with Crippen molar-refractivity contribution in [2.45, 2.75) is 80.0 Å². The first-order valence-electron chi connectivity index (χ1n) is 15.8. The standard InChI is InChI=1S/C34H33F2N3O6S/c1-2-5-27(41)43-18-44-31-25(40)11-14-38-30(31)33(42)37-15-13-34-12-10-19(45-34)16-23(34)32(37)39(38)29-20-8-9-24(35)28(36)22(20)17-46-26-7-4-3-6-21(26)29/h3-4,6-9,11,14,19,23,29,32H,2,5,10,12-13,15-18H2,1H3/t19-,23+,29-,32+,34-/m0/s1. The van der Waals surface area contributed by atoms with Crippen molar-refractivity contribution in [2.75, 3.05) is 18.3 Å². The molecule has 2 aromatic carbocycles. The average Bonchev–Trinajstić information content (AvgIpc) is 3.58. The monoisotopic (exact) mass is 649 g/mol. The van der Waals surface area contributed by atoms with Gasteiger partial charge in [0.2, 0.25) is 18.0 Å². The van der Waals surface area contributed by atoms with E-state index in [-0.39, 0.29) is 47.1 Å². The van der Waals surface area contributed by atoms with Gasteiger partial charge in [-0.2, -0.15) is 0 Å². The fourth-order valence-electron chi connectivity index (χ4n) is 8.22. The number of carbonyl (C=O) groups is 2. The van der Waals surface area contributed by atoms with Crippen molar-refractivity contribution < 1.29 is 32.6 Å². The lowest BCUT2D eigenvalue weighted by Crippen LogP contribution is -2.70. The van der Waals surface area contributed by atoms with E-state index in [0.717, 1.165) is 35.8 Å². The molecule has 46 heavy (non-hydrogen) atoms. The molecule has 8 rings (SSSR count). The largest absolute Gasteiger partial charge is 0.451 e. The highest BCUT2D eigenvalue weighted by molar-refractivity contribution is 7.98. The third-order valence-corrected chi connectivity index (χ3v) is 11.3. The molecule has 12 heteroatoms. The molecule has 2 bridgehead atoms. The Morgan fingerprint density at radius 3 is 2.78 bits per heavy atom. The molecular formula is C34H33F2N3O6S. The molecule has 9 nitrogen and oxygen atoms in total. The van der Waals surface area contributed by atoms with E-state index in [9.17, 15) is 18.8 Å². The van der Waals surface area contributed by atoms with Gasteiger partial charge in [-0.15, -0.1) is 11.8 Å². The van der Waals surface area contributed by atoms with Gasteiger partial charge in [-0.1, -0.05) is 31.2 Å². The number of hydrogen-bond acceptors (Lipinski definition) is 8. The van der Waals surface area contributed by atoms with Gasteiger partial charge in [-0.25, -0.2) is 8.78 Å². The SMILES string of the molecule is CCCC(=O)OCOc1c2n(ccc1=O)N([C@@H]1c3ccccc3SCc3c1ccc(F)c3F)[C@@H]1[C@H]3C[C@@H]4CC[C@@]3(CCN1C2=O)O4. The molecule has 3 fully saturated rings. The van der Waals surface area contributed by atoms with Crippen LogP contribution in [0.3, 0.4) is 0 Å². The second-order valence-corrected chi connectivity index (χ2v) is 13.6. The van der Waals surface area contributed by atoms with Crippen molar-refractivity contribution in [2.24, 2.45) is 5.92 Å². The van der Waals surface area contributed by atoms with Crippen LogP contribution < -0.4 is 15.2 Å². The van der Waals surface area contributed by atoms with Crippen LogP contribution in [0, 0.1) is 17.6 Å². The van der Waals surface area contributed by atoms with Crippen molar-refractivity contribution >= 4 is 23.6 Å². The second-order valence-electron chi connectivity index (χ2n) is 12.6. The highest BCUT2D eigenvalue weighted by atomic mass is 32.2. The minimum Gasteiger partial charge on any atom is -0.451 e. The molecule has 0 aliphatic carbocycles. The number of hydrogen-bond donors (Lipinski definition) is 0. The number of piperidine rings is 1. The van der Waals surface area contributed by atoms with Crippen LogP contribution in [0.15, 0.2) is 58.4 Å². The average molecular weight is 650 g/mol. The zero-order valence-electron chi connectivity index (χ0n) is 25.2. The number of benzene rings is 2. The van der Waals surface area contributed by atoms with E-state index in [1.165, 1.54) is 17.8 Å². The van der Waals surface area contributed by atoms with E-state index in [4.69, 9.17) is 14.2 Å². The summed E-state index contributed by atoms with van der Waals surface area (Å²) >= 11 is 1.44. The second kappa shape index (κ2) is 11.1. The van der Waals surface area contributed by atoms with Crippen molar-refractivity contribution in [3.63, 3.8) is 0 Å². The van der Waals surface area contributed by atoms with Crippen LogP contribution in [0.4, 0.5) is 8.78 Å².